The Labute approximate surface area is 116 Å². The molecule has 1 aliphatic rings. The number of pyridine rings is 1. The van der Waals surface area contributed by atoms with E-state index in [-0.39, 0.29) is 5.41 Å². The molecule has 2 rings (SSSR count). The number of piperidine rings is 1. The fraction of sp³-hybridized carbons (Fsp3) is 0.538. The molecule has 0 unspecified atom stereocenters. The highest BCUT2D eigenvalue weighted by atomic mass is 79.9. The fourth-order valence-electron chi connectivity index (χ4n) is 2.48. The zero-order valence-corrected chi connectivity index (χ0v) is 12.1. The second kappa shape index (κ2) is 5.80. The van der Waals surface area contributed by atoms with Crippen molar-refractivity contribution in [3.05, 3.63) is 22.3 Å². The molecule has 0 radical (unpaired) electrons. The molecule has 1 saturated heterocycles. The molecule has 98 valence electrons. The standard InChI is InChI=1S/C13H18BrN3O/c1-15-12-10(6-11(14)8-17-12)7-13(9-18)2-4-16-5-3-13/h6,8-9,16H,2-5,7H2,1H3,(H,15,17). The lowest BCUT2D eigenvalue weighted by atomic mass is 9.75. The van der Waals surface area contributed by atoms with E-state index in [1.807, 2.05) is 13.1 Å². The van der Waals surface area contributed by atoms with Gasteiger partial charge in [0.2, 0.25) is 0 Å². The molecule has 0 saturated carbocycles. The van der Waals surface area contributed by atoms with Crippen LogP contribution in [0.2, 0.25) is 0 Å². The molecule has 1 fully saturated rings. The topological polar surface area (TPSA) is 54.0 Å². The number of nitrogens with one attached hydrogen (secondary N) is 2. The third-order valence-electron chi connectivity index (χ3n) is 3.56. The van der Waals surface area contributed by atoms with Gasteiger partial charge in [0, 0.05) is 23.1 Å². The number of rotatable bonds is 4. The maximum Gasteiger partial charge on any atom is 0.128 e. The van der Waals surface area contributed by atoms with Gasteiger partial charge in [-0.05, 0) is 59.9 Å². The van der Waals surface area contributed by atoms with Crippen LogP contribution < -0.4 is 10.6 Å². The van der Waals surface area contributed by atoms with E-state index in [4.69, 9.17) is 0 Å². The van der Waals surface area contributed by atoms with Crippen LogP contribution in [0.4, 0.5) is 5.82 Å². The van der Waals surface area contributed by atoms with Crippen LogP contribution in [0.5, 0.6) is 0 Å². The van der Waals surface area contributed by atoms with E-state index in [1.165, 1.54) is 0 Å². The van der Waals surface area contributed by atoms with E-state index in [1.54, 1.807) is 6.20 Å². The lowest BCUT2D eigenvalue weighted by molar-refractivity contribution is -0.117. The highest BCUT2D eigenvalue weighted by Crippen LogP contribution is 2.33. The number of aromatic nitrogens is 1. The smallest absolute Gasteiger partial charge is 0.128 e. The van der Waals surface area contributed by atoms with Gasteiger partial charge in [-0.15, -0.1) is 0 Å². The molecule has 0 spiro atoms. The van der Waals surface area contributed by atoms with Gasteiger partial charge in [0.05, 0.1) is 0 Å². The Morgan fingerprint density at radius 3 is 2.89 bits per heavy atom. The first kappa shape index (κ1) is 13.5. The summed E-state index contributed by atoms with van der Waals surface area (Å²) < 4.78 is 0.950. The minimum atomic E-state index is -0.237. The minimum absolute atomic E-state index is 0.237. The third kappa shape index (κ3) is 2.90. The number of carbonyl (C=O) groups excluding carboxylic acids is 1. The summed E-state index contributed by atoms with van der Waals surface area (Å²) in [7, 11) is 1.86. The van der Waals surface area contributed by atoms with Crippen LogP contribution in [-0.4, -0.2) is 31.4 Å². The number of anilines is 1. The summed E-state index contributed by atoms with van der Waals surface area (Å²) in [6.07, 6.45) is 5.44. The summed E-state index contributed by atoms with van der Waals surface area (Å²) in [5.74, 6) is 0.859. The van der Waals surface area contributed by atoms with Gasteiger partial charge < -0.3 is 15.4 Å². The molecule has 0 amide bonds. The van der Waals surface area contributed by atoms with Gasteiger partial charge >= 0.3 is 0 Å². The number of hydrogen-bond donors (Lipinski definition) is 2. The third-order valence-corrected chi connectivity index (χ3v) is 4.00. The molecule has 1 aliphatic heterocycles. The van der Waals surface area contributed by atoms with Gasteiger partial charge in [-0.3, -0.25) is 0 Å². The molecular formula is C13H18BrN3O. The Morgan fingerprint density at radius 2 is 2.28 bits per heavy atom. The minimum Gasteiger partial charge on any atom is -0.373 e. The van der Waals surface area contributed by atoms with Gasteiger partial charge in [0.15, 0.2) is 0 Å². The monoisotopic (exact) mass is 311 g/mol. The Kier molecular flexibility index (Phi) is 4.35. The van der Waals surface area contributed by atoms with E-state index >= 15 is 0 Å². The van der Waals surface area contributed by atoms with Crippen LogP contribution in [0.3, 0.4) is 0 Å². The maximum absolute atomic E-state index is 11.5. The molecule has 1 aromatic heterocycles. The zero-order chi connectivity index (χ0) is 13.0. The van der Waals surface area contributed by atoms with Gasteiger partial charge in [-0.1, -0.05) is 0 Å². The molecule has 0 atom stereocenters. The predicted octanol–water partition coefficient (Wildman–Crippen LogP) is 2.00. The van der Waals surface area contributed by atoms with Crippen molar-refractivity contribution in [1.29, 1.82) is 0 Å². The van der Waals surface area contributed by atoms with Gasteiger partial charge in [0.1, 0.15) is 12.1 Å². The Hall–Kier alpha value is -0.940. The fourth-order valence-corrected chi connectivity index (χ4v) is 2.86. The lowest BCUT2D eigenvalue weighted by Gasteiger charge is -2.33. The summed E-state index contributed by atoms with van der Waals surface area (Å²) >= 11 is 3.44. The molecular weight excluding hydrogens is 294 g/mol. The molecule has 0 aromatic carbocycles. The quantitative estimate of drug-likeness (QED) is 0.835. The van der Waals surface area contributed by atoms with Crippen molar-refractivity contribution in [2.24, 2.45) is 5.41 Å². The molecule has 2 N–H and O–H groups in total. The van der Waals surface area contributed by atoms with Crippen molar-refractivity contribution in [1.82, 2.24) is 10.3 Å². The van der Waals surface area contributed by atoms with Crippen molar-refractivity contribution < 1.29 is 4.79 Å². The molecule has 2 heterocycles. The predicted molar refractivity (Wildman–Crippen MR) is 75.8 cm³/mol. The Balaban J connectivity index is 2.25. The van der Waals surface area contributed by atoms with E-state index in [0.717, 1.165) is 54.5 Å². The average Bonchev–Trinajstić information content (AvgIpc) is 2.40. The van der Waals surface area contributed by atoms with Crippen molar-refractivity contribution in [2.45, 2.75) is 19.3 Å². The molecule has 0 bridgehead atoms. The summed E-state index contributed by atoms with van der Waals surface area (Å²) in [5.41, 5.74) is 0.861. The SMILES string of the molecule is CNc1ncc(Br)cc1CC1(C=O)CCNCC1. The van der Waals surface area contributed by atoms with Crippen LogP contribution in [-0.2, 0) is 11.2 Å². The van der Waals surface area contributed by atoms with Gasteiger partial charge in [-0.25, -0.2) is 4.98 Å². The second-order valence-corrected chi connectivity index (χ2v) is 5.73. The van der Waals surface area contributed by atoms with Crippen LogP contribution in [0.1, 0.15) is 18.4 Å². The second-order valence-electron chi connectivity index (χ2n) is 4.82. The Bertz CT molecular complexity index is 430. The summed E-state index contributed by atoms with van der Waals surface area (Å²) in [6.45, 7) is 1.82. The van der Waals surface area contributed by atoms with Crippen LogP contribution in [0.15, 0.2) is 16.7 Å². The lowest BCUT2D eigenvalue weighted by Crippen LogP contribution is -2.39. The summed E-state index contributed by atoms with van der Waals surface area (Å²) in [4.78, 5) is 15.8. The first-order chi connectivity index (χ1) is 8.69. The molecule has 5 heteroatoms. The first-order valence-electron chi connectivity index (χ1n) is 6.18. The summed E-state index contributed by atoms with van der Waals surface area (Å²) in [6, 6.07) is 2.05. The number of aldehydes is 1. The largest absolute Gasteiger partial charge is 0.373 e. The number of hydrogen-bond acceptors (Lipinski definition) is 4. The van der Waals surface area contributed by atoms with Gasteiger partial charge in [-0.2, -0.15) is 0 Å². The van der Waals surface area contributed by atoms with Crippen molar-refractivity contribution in [2.75, 3.05) is 25.5 Å². The number of carbonyl (C=O) groups is 1. The number of nitrogens with zero attached hydrogens (tertiary/aromatic N) is 1. The summed E-state index contributed by atoms with van der Waals surface area (Å²) in [5, 5.41) is 6.39. The van der Waals surface area contributed by atoms with Crippen molar-refractivity contribution >= 4 is 28.0 Å². The van der Waals surface area contributed by atoms with Crippen molar-refractivity contribution in [3.8, 4) is 0 Å². The Morgan fingerprint density at radius 1 is 1.56 bits per heavy atom. The molecule has 1 aromatic rings. The number of halogens is 1. The first-order valence-corrected chi connectivity index (χ1v) is 6.98. The zero-order valence-electron chi connectivity index (χ0n) is 10.5. The van der Waals surface area contributed by atoms with E-state index in [0.29, 0.717) is 0 Å². The van der Waals surface area contributed by atoms with Crippen LogP contribution in [0.25, 0.3) is 0 Å². The maximum atomic E-state index is 11.5. The highest BCUT2D eigenvalue weighted by Gasteiger charge is 2.32. The van der Waals surface area contributed by atoms with E-state index in [2.05, 4.69) is 31.5 Å². The average molecular weight is 312 g/mol. The molecule has 0 aliphatic carbocycles. The van der Waals surface area contributed by atoms with Crippen LogP contribution in [0, 0.1) is 5.41 Å². The van der Waals surface area contributed by atoms with Gasteiger partial charge in [0.25, 0.3) is 0 Å². The molecule has 18 heavy (non-hydrogen) atoms. The van der Waals surface area contributed by atoms with E-state index < -0.39 is 0 Å². The van der Waals surface area contributed by atoms with Crippen molar-refractivity contribution in [3.63, 3.8) is 0 Å². The normalized spacial score (nSPS) is 18.3. The molecule has 4 nitrogen and oxygen atoms in total. The van der Waals surface area contributed by atoms with E-state index in [9.17, 15) is 4.79 Å². The highest BCUT2D eigenvalue weighted by molar-refractivity contribution is 9.10. The van der Waals surface area contributed by atoms with Crippen LogP contribution >= 0.6 is 15.9 Å².